The number of carbonyl (C=O) groups is 3. The van der Waals surface area contributed by atoms with Gasteiger partial charge in [0.2, 0.25) is 0 Å². The smallest absolute Gasteiger partial charge is 0.331 e. The number of aromatic nitrogens is 2. The second-order valence-corrected chi connectivity index (χ2v) is 6.59. The molecule has 0 saturated heterocycles. The zero-order valence-electron chi connectivity index (χ0n) is 16.5. The normalized spacial score (nSPS) is 10.8. The highest BCUT2D eigenvalue weighted by molar-refractivity contribution is 6.31. The zero-order valence-corrected chi connectivity index (χ0v) is 17.2. The van der Waals surface area contributed by atoms with Gasteiger partial charge >= 0.3 is 12.0 Å². The maximum atomic E-state index is 11.9. The molecular weight excluding hydrogens is 396 g/mol. The van der Waals surface area contributed by atoms with Crippen LogP contribution in [0.1, 0.15) is 29.4 Å². The maximum absolute atomic E-state index is 11.9. The van der Waals surface area contributed by atoms with E-state index in [1.807, 2.05) is 43.4 Å². The number of carbonyl (C=O) groups excluding carboxylic acids is 3. The van der Waals surface area contributed by atoms with Crippen LogP contribution in [-0.4, -0.2) is 40.8 Å². The number of hydrogen-bond donors (Lipinski definition) is 2. The number of benzene rings is 1. The van der Waals surface area contributed by atoms with Gasteiger partial charge in [-0.25, -0.2) is 9.59 Å². The summed E-state index contributed by atoms with van der Waals surface area (Å²) in [4.78, 5) is 34.6. The van der Waals surface area contributed by atoms with Gasteiger partial charge in [0.05, 0.1) is 12.2 Å². The number of nitrogens with one attached hydrogen (secondary N) is 2. The molecule has 0 aliphatic rings. The zero-order chi connectivity index (χ0) is 21.4. The number of imide groups is 1. The number of ether oxygens (including phenoxy) is 1. The highest BCUT2D eigenvalue weighted by atomic mass is 35.5. The summed E-state index contributed by atoms with van der Waals surface area (Å²) in [6.07, 6.45) is 2.81. The van der Waals surface area contributed by atoms with Crippen molar-refractivity contribution in [2.45, 2.75) is 27.3 Å². The summed E-state index contributed by atoms with van der Waals surface area (Å²) < 4.78 is 6.65. The van der Waals surface area contributed by atoms with E-state index in [1.165, 1.54) is 6.08 Å². The lowest BCUT2D eigenvalue weighted by molar-refractivity contribution is -0.143. The minimum absolute atomic E-state index is 0.379. The standard InChI is InChI=1S/C20H23ClN4O4/c1-4-22-20(28)23-18(26)12-29-19(27)10-9-16-13(2)24-25(14(16)3)11-15-7-5-6-8-17(15)21/h5-10H,4,11-12H2,1-3H3,(H2,22,23,26,28)/b10-9+. The fourth-order valence-corrected chi connectivity index (χ4v) is 2.79. The number of aryl methyl sites for hydroxylation is 1. The van der Waals surface area contributed by atoms with Crippen molar-refractivity contribution in [3.63, 3.8) is 0 Å². The molecule has 1 heterocycles. The molecule has 2 N–H and O–H groups in total. The summed E-state index contributed by atoms with van der Waals surface area (Å²) in [7, 11) is 0. The molecule has 0 aliphatic heterocycles. The van der Waals surface area contributed by atoms with Gasteiger partial charge in [-0.2, -0.15) is 5.10 Å². The summed E-state index contributed by atoms with van der Waals surface area (Å²) >= 11 is 6.21. The van der Waals surface area contributed by atoms with Crippen LogP contribution in [0.15, 0.2) is 30.3 Å². The Morgan fingerprint density at radius 3 is 2.66 bits per heavy atom. The third kappa shape index (κ3) is 6.46. The van der Waals surface area contributed by atoms with Crippen molar-refractivity contribution >= 4 is 35.6 Å². The van der Waals surface area contributed by atoms with Crippen LogP contribution in [0.2, 0.25) is 5.02 Å². The Labute approximate surface area is 173 Å². The van der Waals surface area contributed by atoms with Gasteiger partial charge in [-0.05, 0) is 38.5 Å². The predicted molar refractivity (Wildman–Crippen MR) is 109 cm³/mol. The highest BCUT2D eigenvalue weighted by Crippen LogP contribution is 2.20. The molecule has 1 aromatic heterocycles. The van der Waals surface area contributed by atoms with Crippen molar-refractivity contribution in [3.05, 3.63) is 57.9 Å². The van der Waals surface area contributed by atoms with E-state index >= 15 is 0 Å². The van der Waals surface area contributed by atoms with Crippen molar-refractivity contribution in [1.82, 2.24) is 20.4 Å². The Bertz CT molecular complexity index is 937. The maximum Gasteiger partial charge on any atom is 0.331 e. The van der Waals surface area contributed by atoms with Crippen molar-refractivity contribution < 1.29 is 19.1 Å². The molecule has 1 aromatic carbocycles. The van der Waals surface area contributed by atoms with E-state index in [0.717, 1.165) is 22.5 Å². The first-order chi connectivity index (χ1) is 13.8. The van der Waals surface area contributed by atoms with Crippen LogP contribution in [0.3, 0.4) is 0 Å². The molecule has 0 fully saturated rings. The van der Waals surface area contributed by atoms with E-state index in [-0.39, 0.29) is 0 Å². The van der Waals surface area contributed by atoms with Crippen LogP contribution in [0, 0.1) is 13.8 Å². The Morgan fingerprint density at radius 2 is 1.97 bits per heavy atom. The third-order valence-corrected chi connectivity index (χ3v) is 4.41. The fourth-order valence-electron chi connectivity index (χ4n) is 2.60. The van der Waals surface area contributed by atoms with Crippen LogP contribution in [-0.2, 0) is 20.9 Å². The quantitative estimate of drug-likeness (QED) is 0.531. The first kappa shape index (κ1) is 22.2. The van der Waals surface area contributed by atoms with E-state index in [1.54, 1.807) is 17.7 Å². The molecule has 8 nitrogen and oxygen atoms in total. The SMILES string of the molecule is CCNC(=O)NC(=O)COC(=O)/C=C/c1c(C)nn(Cc2ccccc2Cl)c1C. The van der Waals surface area contributed by atoms with E-state index in [2.05, 4.69) is 10.4 Å². The summed E-state index contributed by atoms with van der Waals surface area (Å²) in [5.74, 6) is -1.41. The van der Waals surface area contributed by atoms with Crippen molar-refractivity contribution in [1.29, 1.82) is 0 Å². The lowest BCUT2D eigenvalue weighted by atomic mass is 10.1. The highest BCUT2D eigenvalue weighted by Gasteiger charge is 2.12. The molecule has 9 heteroatoms. The lowest BCUT2D eigenvalue weighted by Crippen LogP contribution is -2.41. The van der Waals surface area contributed by atoms with Gasteiger partial charge in [-0.3, -0.25) is 14.8 Å². The van der Waals surface area contributed by atoms with Gasteiger partial charge < -0.3 is 10.1 Å². The van der Waals surface area contributed by atoms with Gasteiger partial charge in [0, 0.05) is 28.9 Å². The topological polar surface area (TPSA) is 102 Å². The van der Waals surface area contributed by atoms with Crippen molar-refractivity contribution in [3.8, 4) is 0 Å². The Balaban J connectivity index is 1.97. The predicted octanol–water partition coefficient (Wildman–Crippen LogP) is 2.60. The Morgan fingerprint density at radius 1 is 1.24 bits per heavy atom. The molecule has 0 radical (unpaired) electrons. The average Bonchev–Trinajstić information content (AvgIpc) is 2.93. The molecule has 29 heavy (non-hydrogen) atoms. The van der Waals surface area contributed by atoms with E-state index in [9.17, 15) is 14.4 Å². The Hall–Kier alpha value is -3.13. The summed E-state index contributed by atoms with van der Waals surface area (Å²) in [6.45, 7) is 5.77. The summed E-state index contributed by atoms with van der Waals surface area (Å²) in [6, 6.07) is 6.88. The average molecular weight is 419 g/mol. The largest absolute Gasteiger partial charge is 0.452 e. The molecule has 2 aromatic rings. The number of amides is 3. The van der Waals surface area contributed by atoms with Crippen LogP contribution in [0.4, 0.5) is 4.79 Å². The second kappa shape index (κ2) is 10.4. The molecule has 0 unspecified atom stereocenters. The molecule has 154 valence electrons. The minimum atomic E-state index is -0.711. The van der Waals surface area contributed by atoms with Crippen LogP contribution < -0.4 is 10.6 Å². The fraction of sp³-hybridized carbons (Fsp3) is 0.300. The number of halogens is 1. The molecule has 0 spiro atoms. The summed E-state index contributed by atoms with van der Waals surface area (Å²) in [5, 5.41) is 9.60. The van der Waals surface area contributed by atoms with E-state index in [0.29, 0.717) is 18.1 Å². The molecule has 2 rings (SSSR count). The summed E-state index contributed by atoms with van der Waals surface area (Å²) in [5.41, 5.74) is 3.32. The van der Waals surface area contributed by atoms with Gasteiger partial charge in [0.25, 0.3) is 5.91 Å². The number of rotatable bonds is 7. The number of esters is 1. The van der Waals surface area contributed by atoms with E-state index in [4.69, 9.17) is 16.3 Å². The van der Waals surface area contributed by atoms with Gasteiger partial charge in [-0.15, -0.1) is 0 Å². The lowest BCUT2D eigenvalue weighted by Gasteiger charge is -2.06. The molecular formula is C20H23ClN4O4. The molecule has 0 saturated carbocycles. The molecule has 0 bridgehead atoms. The van der Waals surface area contributed by atoms with Crippen LogP contribution in [0.25, 0.3) is 6.08 Å². The van der Waals surface area contributed by atoms with E-state index < -0.39 is 24.5 Å². The first-order valence-corrected chi connectivity index (χ1v) is 9.39. The number of nitrogens with zero attached hydrogens (tertiary/aromatic N) is 2. The van der Waals surface area contributed by atoms with Crippen LogP contribution >= 0.6 is 11.6 Å². The van der Waals surface area contributed by atoms with Gasteiger partial charge in [0.1, 0.15) is 0 Å². The molecule has 0 atom stereocenters. The van der Waals surface area contributed by atoms with Crippen LogP contribution in [0.5, 0.6) is 0 Å². The number of hydrogen-bond acceptors (Lipinski definition) is 5. The van der Waals surface area contributed by atoms with Crippen molar-refractivity contribution in [2.75, 3.05) is 13.2 Å². The van der Waals surface area contributed by atoms with Gasteiger partial charge in [-0.1, -0.05) is 29.8 Å². The molecule has 3 amide bonds. The first-order valence-electron chi connectivity index (χ1n) is 9.01. The monoisotopic (exact) mass is 418 g/mol. The van der Waals surface area contributed by atoms with Gasteiger partial charge in [0.15, 0.2) is 6.61 Å². The molecule has 0 aliphatic carbocycles. The third-order valence-electron chi connectivity index (χ3n) is 4.04. The Kier molecular flexibility index (Phi) is 7.97. The minimum Gasteiger partial charge on any atom is -0.452 e. The number of urea groups is 1. The van der Waals surface area contributed by atoms with Crippen molar-refractivity contribution in [2.24, 2.45) is 0 Å². The second-order valence-electron chi connectivity index (χ2n) is 6.18.